The van der Waals surface area contributed by atoms with E-state index in [0.29, 0.717) is 13.0 Å². The number of rotatable bonds is 6. The largest absolute Gasteiger partial charge is 0.494 e. The van der Waals surface area contributed by atoms with Gasteiger partial charge in [0.05, 0.1) is 6.61 Å². The summed E-state index contributed by atoms with van der Waals surface area (Å²) in [7, 11) is 0. The van der Waals surface area contributed by atoms with Crippen LogP contribution >= 0.6 is 0 Å². The first kappa shape index (κ1) is 13.0. The molecule has 0 aliphatic heterocycles. The Hall–Kier alpha value is -1.02. The number of hydrogen-bond acceptors (Lipinski definition) is 2. The smallest absolute Gasteiger partial charge is 0.119 e. The molecule has 0 aliphatic carbocycles. The Balaban J connectivity index is 4.27. The molecule has 0 rings (SSSR count). The lowest BCUT2D eigenvalue weighted by atomic mass is 10.2. The van der Waals surface area contributed by atoms with Crippen LogP contribution in [-0.4, -0.2) is 18.3 Å². The van der Waals surface area contributed by atoms with Gasteiger partial charge in [-0.1, -0.05) is 17.7 Å². The van der Waals surface area contributed by atoms with Crippen molar-refractivity contribution >= 4 is 0 Å². The van der Waals surface area contributed by atoms with Gasteiger partial charge in [-0.2, -0.15) is 0 Å². The quantitative estimate of drug-likeness (QED) is 0.402. The molecule has 0 amide bonds. The summed E-state index contributed by atoms with van der Waals surface area (Å²) in [5.41, 5.74) is 2.14. The van der Waals surface area contributed by atoms with Crippen LogP contribution in [0, 0.1) is 0 Å². The second-order valence-corrected chi connectivity index (χ2v) is 3.54. The molecule has 0 atom stereocenters. The highest BCUT2D eigenvalue weighted by Gasteiger charge is 1.94. The fourth-order valence-electron chi connectivity index (χ4n) is 0.907. The minimum atomic E-state index is 0.162. The average Bonchev–Trinajstić information content (AvgIpc) is 2.02. The van der Waals surface area contributed by atoms with Crippen molar-refractivity contribution in [1.29, 1.82) is 0 Å². The van der Waals surface area contributed by atoms with Crippen LogP contribution in [0.1, 0.15) is 27.2 Å². The molecule has 0 aliphatic rings. The van der Waals surface area contributed by atoms with Gasteiger partial charge < -0.3 is 9.84 Å². The van der Waals surface area contributed by atoms with Gasteiger partial charge in [-0.25, -0.2) is 0 Å². The van der Waals surface area contributed by atoms with Crippen molar-refractivity contribution in [3.63, 3.8) is 0 Å². The van der Waals surface area contributed by atoms with Crippen LogP contribution in [-0.2, 0) is 4.74 Å². The van der Waals surface area contributed by atoms with E-state index in [9.17, 15) is 0 Å². The van der Waals surface area contributed by atoms with Crippen molar-refractivity contribution in [2.75, 3.05) is 13.2 Å². The highest BCUT2D eigenvalue weighted by atomic mass is 16.5. The van der Waals surface area contributed by atoms with Crippen LogP contribution < -0.4 is 0 Å². The Labute approximate surface area is 86.6 Å². The maximum atomic E-state index is 8.61. The summed E-state index contributed by atoms with van der Waals surface area (Å²) in [4.78, 5) is 0. The second-order valence-electron chi connectivity index (χ2n) is 3.54. The van der Waals surface area contributed by atoms with E-state index < -0.39 is 0 Å². The molecule has 0 heterocycles. The molecule has 0 fully saturated rings. The Morgan fingerprint density at radius 3 is 2.36 bits per heavy atom. The predicted molar refractivity (Wildman–Crippen MR) is 60.0 cm³/mol. The van der Waals surface area contributed by atoms with Crippen molar-refractivity contribution in [2.45, 2.75) is 27.2 Å². The molecule has 0 aromatic rings. The number of hydrogen-bond donors (Lipinski definition) is 1. The third-order valence-corrected chi connectivity index (χ3v) is 1.39. The Morgan fingerprint density at radius 2 is 1.93 bits per heavy atom. The minimum Gasteiger partial charge on any atom is -0.494 e. The molecular weight excluding hydrogens is 176 g/mol. The maximum absolute atomic E-state index is 8.61. The van der Waals surface area contributed by atoms with Crippen molar-refractivity contribution in [1.82, 2.24) is 0 Å². The molecule has 2 heteroatoms. The van der Waals surface area contributed by atoms with Gasteiger partial charge in [0.15, 0.2) is 0 Å². The summed E-state index contributed by atoms with van der Waals surface area (Å²) < 4.78 is 5.47. The molecular formula is C12H20O2. The standard InChI is InChI=1S/C12H20O2/c1-10(2)8-12(9-11(3)4)14-7-5-6-13/h8-9,13H,1,5-7H2,2-4H3. The van der Waals surface area contributed by atoms with Gasteiger partial charge in [0, 0.05) is 13.0 Å². The fraction of sp³-hybridized carbons (Fsp3) is 0.500. The van der Waals surface area contributed by atoms with Gasteiger partial charge in [-0.05, 0) is 32.9 Å². The predicted octanol–water partition coefficient (Wildman–Crippen LogP) is 2.81. The third-order valence-electron chi connectivity index (χ3n) is 1.39. The van der Waals surface area contributed by atoms with Crippen molar-refractivity contribution in [3.8, 4) is 0 Å². The van der Waals surface area contributed by atoms with Crippen LogP contribution in [0.25, 0.3) is 0 Å². The Kier molecular flexibility index (Phi) is 6.85. The van der Waals surface area contributed by atoms with Crippen molar-refractivity contribution < 1.29 is 9.84 Å². The van der Waals surface area contributed by atoms with E-state index in [1.54, 1.807) is 0 Å². The molecule has 80 valence electrons. The maximum Gasteiger partial charge on any atom is 0.119 e. The first-order valence-corrected chi connectivity index (χ1v) is 4.82. The highest BCUT2D eigenvalue weighted by Crippen LogP contribution is 2.07. The first-order valence-electron chi connectivity index (χ1n) is 4.82. The average molecular weight is 196 g/mol. The molecule has 0 aromatic carbocycles. The normalized spacial score (nSPS) is 11.0. The lowest BCUT2D eigenvalue weighted by molar-refractivity contribution is 0.184. The van der Waals surface area contributed by atoms with Gasteiger partial charge in [-0.3, -0.25) is 0 Å². The van der Waals surface area contributed by atoms with Gasteiger partial charge in [0.25, 0.3) is 0 Å². The van der Waals surface area contributed by atoms with Crippen LogP contribution in [0.5, 0.6) is 0 Å². The van der Waals surface area contributed by atoms with E-state index in [4.69, 9.17) is 9.84 Å². The van der Waals surface area contributed by atoms with Crippen LogP contribution in [0.2, 0.25) is 0 Å². The molecule has 0 bridgehead atoms. The molecule has 0 spiro atoms. The van der Waals surface area contributed by atoms with Crippen LogP contribution in [0.4, 0.5) is 0 Å². The van der Waals surface area contributed by atoms with E-state index in [1.165, 1.54) is 5.57 Å². The van der Waals surface area contributed by atoms with Crippen molar-refractivity contribution in [3.05, 3.63) is 35.6 Å². The van der Waals surface area contributed by atoms with Gasteiger partial charge in [0.1, 0.15) is 5.76 Å². The molecule has 0 saturated heterocycles. The third kappa shape index (κ3) is 7.62. The fourth-order valence-corrected chi connectivity index (χ4v) is 0.907. The van der Waals surface area contributed by atoms with Gasteiger partial charge in [0.2, 0.25) is 0 Å². The molecule has 1 N–H and O–H groups in total. The molecule has 0 aromatic heterocycles. The monoisotopic (exact) mass is 196 g/mol. The van der Waals surface area contributed by atoms with E-state index in [0.717, 1.165) is 11.3 Å². The molecule has 0 radical (unpaired) electrons. The lowest BCUT2D eigenvalue weighted by Crippen LogP contribution is -1.96. The van der Waals surface area contributed by atoms with E-state index >= 15 is 0 Å². The van der Waals surface area contributed by atoms with E-state index in [2.05, 4.69) is 6.58 Å². The SMILES string of the molecule is C=C(C)C=C(C=C(C)C)OCCCO. The zero-order valence-corrected chi connectivity index (χ0v) is 9.34. The van der Waals surface area contributed by atoms with E-state index in [-0.39, 0.29) is 6.61 Å². The molecule has 14 heavy (non-hydrogen) atoms. The second kappa shape index (κ2) is 7.39. The Morgan fingerprint density at radius 1 is 1.29 bits per heavy atom. The summed E-state index contributed by atoms with van der Waals surface area (Å²) in [6.07, 6.45) is 4.51. The van der Waals surface area contributed by atoms with E-state index in [1.807, 2.05) is 32.9 Å². The summed E-state index contributed by atoms with van der Waals surface area (Å²) in [5, 5.41) is 8.61. The lowest BCUT2D eigenvalue weighted by Gasteiger charge is -2.06. The highest BCUT2D eigenvalue weighted by molar-refractivity contribution is 5.24. The van der Waals surface area contributed by atoms with Crippen LogP contribution in [0.3, 0.4) is 0 Å². The molecule has 0 unspecified atom stereocenters. The first-order chi connectivity index (χ1) is 6.56. The van der Waals surface area contributed by atoms with Crippen molar-refractivity contribution in [2.24, 2.45) is 0 Å². The summed E-state index contributed by atoms with van der Waals surface area (Å²) in [6, 6.07) is 0. The number of ether oxygens (including phenoxy) is 1. The summed E-state index contributed by atoms with van der Waals surface area (Å²) in [6.45, 7) is 10.5. The zero-order valence-electron chi connectivity index (χ0n) is 9.34. The minimum absolute atomic E-state index is 0.162. The number of aliphatic hydroxyl groups excluding tert-OH is 1. The number of aliphatic hydroxyl groups is 1. The molecule has 0 saturated carbocycles. The molecule has 2 nitrogen and oxygen atoms in total. The summed E-state index contributed by atoms with van der Waals surface area (Å²) in [5.74, 6) is 0.811. The van der Waals surface area contributed by atoms with Gasteiger partial charge in [-0.15, -0.1) is 0 Å². The topological polar surface area (TPSA) is 29.5 Å². The van der Waals surface area contributed by atoms with Gasteiger partial charge >= 0.3 is 0 Å². The summed E-state index contributed by atoms with van der Waals surface area (Å²) >= 11 is 0. The number of allylic oxidation sites excluding steroid dienone is 4. The zero-order chi connectivity index (χ0) is 11.0. The van der Waals surface area contributed by atoms with Crippen LogP contribution in [0.15, 0.2) is 35.6 Å². The Bertz CT molecular complexity index is 233.